The molecule has 1 amide bonds. The van der Waals surface area contributed by atoms with E-state index in [0.717, 1.165) is 23.4 Å². The fraction of sp³-hybridized carbons (Fsp3) is 0.273. The maximum absolute atomic E-state index is 13.0. The lowest BCUT2D eigenvalue weighted by atomic mass is 10.2. The Morgan fingerprint density at radius 2 is 1.88 bits per heavy atom. The minimum Gasteiger partial charge on any atom is -0.383 e. The topological polar surface area (TPSA) is 114 Å². The van der Waals surface area contributed by atoms with E-state index in [1.165, 1.54) is 15.5 Å². The van der Waals surface area contributed by atoms with Crippen LogP contribution >= 0.6 is 11.8 Å². The molecule has 3 rings (SSSR count). The average molecular weight is 494 g/mol. The van der Waals surface area contributed by atoms with Gasteiger partial charge in [-0.05, 0) is 24.1 Å². The highest BCUT2D eigenvalue weighted by molar-refractivity contribution is 7.99. The van der Waals surface area contributed by atoms with Gasteiger partial charge in [-0.15, -0.1) is 0 Å². The van der Waals surface area contributed by atoms with Crippen molar-refractivity contribution in [1.29, 1.82) is 0 Å². The molecular weight excluding hydrogens is 471 g/mol. The number of aromatic nitrogens is 3. The second kappa shape index (κ2) is 10.6. The van der Waals surface area contributed by atoms with Gasteiger partial charge in [-0.1, -0.05) is 49.0 Å². The van der Waals surface area contributed by atoms with E-state index in [9.17, 15) is 27.6 Å². The van der Waals surface area contributed by atoms with Crippen LogP contribution in [-0.2, 0) is 17.5 Å². The van der Waals surface area contributed by atoms with Gasteiger partial charge < -0.3 is 10.6 Å². The van der Waals surface area contributed by atoms with Crippen molar-refractivity contribution in [2.45, 2.75) is 31.1 Å². The highest BCUT2D eigenvalue weighted by atomic mass is 32.2. The van der Waals surface area contributed by atoms with Crippen molar-refractivity contribution in [2.75, 3.05) is 22.9 Å². The van der Waals surface area contributed by atoms with Crippen molar-refractivity contribution in [3.63, 3.8) is 0 Å². The van der Waals surface area contributed by atoms with E-state index in [2.05, 4.69) is 9.97 Å². The number of rotatable bonds is 8. The van der Waals surface area contributed by atoms with E-state index >= 15 is 0 Å². The van der Waals surface area contributed by atoms with Crippen molar-refractivity contribution in [3.05, 3.63) is 80.6 Å². The third-order valence-electron chi connectivity index (χ3n) is 4.82. The first-order valence-electron chi connectivity index (χ1n) is 10.2. The number of halogens is 3. The summed E-state index contributed by atoms with van der Waals surface area (Å²) in [6.07, 6.45) is -3.32. The van der Waals surface area contributed by atoms with Gasteiger partial charge in [-0.3, -0.25) is 19.1 Å². The summed E-state index contributed by atoms with van der Waals surface area (Å²) in [5.41, 5.74) is 4.41. The van der Waals surface area contributed by atoms with Crippen LogP contribution in [0, 0.1) is 0 Å². The monoisotopic (exact) mass is 493 g/mol. The number of pyridine rings is 1. The number of H-pyrrole nitrogens is 1. The van der Waals surface area contributed by atoms with E-state index in [4.69, 9.17) is 5.73 Å². The Labute approximate surface area is 196 Å². The van der Waals surface area contributed by atoms with Gasteiger partial charge in [0.15, 0.2) is 5.69 Å². The number of alkyl halides is 3. The molecule has 3 aromatic rings. The van der Waals surface area contributed by atoms with Crippen LogP contribution < -0.4 is 21.9 Å². The zero-order valence-corrected chi connectivity index (χ0v) is 18.9. The van der Waals surface area contributed by atoms with Crippen LogP contribution in [-0.4, -0.2) is 32.7 Å². The molecule has 3 N–H and O–H groups in total. The number of nitrogens with zero attached hydrogens (tertiary/aromatic N) is 3. The minimum absolute atomic E-state index is 0.0909. The first-order chi connectivity index (χ1) is 16.1. The average Bonchev–Trinajstić information content (AvgIpc) is 2.80. The van der Waals surface area contributed by atoms with Crippen molar-refractivity contribution >= 4 is 29.2 Å². The summed E-state index contributed by atoms with van der Waals surface area (Å²) in [6.45, 7) is 2.04. The molecule has 0 aliphatic carbocycles. The lowest BCUT2D eigenvalue weighted by Crippen LogP contribution is -2.42. The zero-order chi connectivity index (χ0) is 24.9. The van der Waals surface area contributed by atoms with E-state index in [-0.39, 0.29) is 35.4 Å². The molecule has 1 aromatic carbocycles. The molecule has 2 heterocycles. The Morgan fingerprint density at radius 3 is 2.47 bits per heavy atom. The van der Waals surface area contributed by atoms with Crippen LogP contribution in [0.5, 0.6) is 0 Å². The largest absolute Gasteiger partial charge is 0.417 e. The minimum atomic E-state index is -4.51. The smallest absolute Gasteiger partial charge is 0.383 e. The summed E-state index contributed by atoms with van der Waals surface area (Å²) in [7, 11) is 0. The van der Waals surface area contributed by atoms with Gasteiger partial charge in [0.1, 0.15) is 5.82 Å². The van der Waals surface area contributed by atoms with Crippen molar-refractivity contribution < 1.29 is 18.0 Å². The number of nitrogens with one attached hydrogen (secondary N) is 1. The molecule has 0 bridgehead atoms. The third-order valence-corrected chi connectivity index (χ3v) is 5.75. The van der Waals surface area contributed by atoms with Gasteiger partial charge in [0.05, 0.1) is 22.9 Å². The molecule has 8 nitrogen and oxygen atoms in total. The second-order valence-corrected chi connectivity index (χ2v) is 8.28. The molecule has 0 radical (unpaired) electrons. The number of carbonyl (C=O) groups excluding carboxylic acids is 1. The van der Waals surface area contributed by atoms with Crippen LogP contribution in [0.1, 0.15) is 24.5 Å². The Morgan fingerprint density at radius 1 is 1.18 bits per heavy atom. The summed E-state index contributed by atoms with van der Waals surface area (Å²) in [4.78, 5) is 45.2. The molecule has 0 unspecified atom stereocenters. The number of nitrogens with two attached hydrogens (primary N) is 1. The molecular formula is C22H22F3N5O3S. The number of hydrogen-bond donors (Lipinski definition) is 2. The number of nitrogen functional groups attached to an aromatic ring is 1. The highest BCUT2D eigenvalue weighted by Gasteiger charge is 2.30. The molecule has 0 spiro atoms. The molecule has 34 heavy (non-hydrogen) atoms. The molecule has 12 heteroatoms. The predicted molar refractivity (Wildman–Crippen MR) is 124 cm³/mol. The lowest BCUT2D eigenvalue weighted by molar-refractivity contribution is -0.137. The number of aromatic amines is 1. The number of benzene rings is 1. The van der Waals surface area contributed by atoms with Crippen LogP contribution in [0.2, 0.25) is 0 Å². The number of amides is 1. The molecule has 0 aliphatic heterocycles. The standard InChI is InChI=1S/C22H22F3N5O3S/c1-2-10-29(17(31)13-34-16-9-8-15(11-27-16)22(23,24)25)18-19(26)30(21(33)28-20(18)32)12-14-6-4-3-5-7-14/h3-9,11H,2,10,12-13,26H2,1H3,(H,28,32,33). The molecule has 0 atom stereocenters. The highest BCUT2D eigenvalue weighted by Crippen LogP contribution is 2.29. The van der Waals surface area contributed by atoms with Gasteiger partial charge in [0.25, 0.3) is 5.56 Å². The number of anilines is 2. The molecule has 0 saturated heterocycles. The van der Waals surface area contributed by atoms with Gasteiger partial charge in [0.2, 0.25) is 5.91 Å². The van der Waals surface area contributed by atoms with Gasteiger partial charge in [-0.25, -0.2) is 9.78 Å². The Balaban J connectivity index is 1.86. The lowest BCUT2D eigenvalue weighted by Gasteiger charge is -2.24. The fourth-order valence-electron chi connectivity index (χ4n) is 3.19. The summed E-state index contributed by atoms with van der Waals surface area (Å²) in [5.74, 6) is -0.859. The van der Waals surface area contributed by atoms with Crippen LogP contribution in [0.4, 0.5) is 24.7 Å². The molecule has 2 aromatic heterocycles. The Bertz CT molecular complexity index is 1260. The normalized spacial score (nSPS) is 11.4. The zero-order valence-electron chi connectivity index (χ0n) is 18.1. The first kappa shape index (κ1) is 25.1. The number of carbonyl (C=O) groups is 1. The first-order valence-corrected chi connectivity index (χ1v) is 11.2. The molecule has 0 aliphatic rings. The quantitative estimate of drug-likeness (QED) is 0.466. The number of thioether (sulfide) groups is 1. The van der Waals surface area contributed by atoms with Crippen molar-refractivity contribution in [1.82, 2.24) is 14.5 Å². The summed E-state index contributed by atoms with van der Waals surface area (Å²) >= 11 is 0.927. The van der Waals surface area contributed by atoms with Gasteiger partial charge >= 0.3 is 11.9 Å². The summed E-state index contributed by atoms with van der Waals surface area (Å²) < 4.78 is 39.3. The Kier molecular flexibility index (Phi) is 7.82. The van der Waals surface area contributed by atoms with Crippen molar-refractivity contribution in [3.8, 4) is 0 Å². The van der Waals surface area contributed by atoms with Crippen LogP contribution in [0.15, 0.2) is 63.3 Å². The second-order valence-electron chi connectivity index (χ2n) is 7.28. The van der Waals surface area contributed by atoms with Crippen LogP contribution in [0.3, 0.4) is 0 Å². The van der Waals surface area contributed by atoms with E-state index < -0.39 is 28.9 Å². The van der Waals surface area contributed by atoms with E-state index in [1.54, 1.807) is 31.2 Å². The Hall–Kier alpha value is -3.54. The van der Waals surface area contributed by atoms with Crippen LogP contribution in [0.25, 0.3) is 0 Å². The van der Waals surface area contributed by atoms with Gasteiger partial charge in [-0.2, -0.15) is 13.2 Å². The maximum atomic E-state index is 13.0. The SMILES string of the molecule is CCCN(C(=O)CSc1ccc(C(F)(F)F)cn1)c1c(N)n(Cc2ccccc2)c(=O)[nH]c1=O. The van der Waals surface area contributed by atoms with Gasteiger partial charge in [0, 0.05) is 12.7 Å². The molecule has 0 saturated carbocycles. The summed E-state index contributed by atoms with van der Waals surface area (Å²) in [6, 6.07) is 11.0. The maximum Gasteiger partial charge on any atom is 0.417 e. The van der Waals surface area contributed by atoms with E-state index in [0.29, 0.717) is 12.6 Å². The van der Waals surface area contributed by atoms with Crippen molar-refractivity contribution in [2.24, 2.45) is 0 Å². The summed E-state index contributed by atoms with van der Waals surface area (Å²) in [5, 5.41) is 0.216. The molecule has 0 fully saturated rings. The van der Waals surface area contributed by atoms with E-state index in [1.807, 2.05) is 6.07 Å². The fourth-order valence-corrected chi connectivity index (χ4v) is 3.91. The predicted octanol–water partition coefficient (Wildman–Crippen LogP) is 3.12. The molecule has 180 valence electrons. The third kappa shape index (κ3) is 5.87. The number of hydrogen-bond acceptors (Lipinski definition) is 6.